The van der Waals surface area contributed by atoms with Crippen molar-refractivity contribution >= 4 is 28.3 Å². The Balaban J connectivity index is 1.73. The quantitative estimate of drug-likeness (QED) is 0.508. The molecule has 25 heavy (non-hydrogen) atoms. The van der Waals surface area contributed by atoms with Crippen LogP contribution in [-0.4, -0.2) is 23.6 Å². The highest BCUT2D eigenvalue weighted by Crippen LogP contribution is 2.10. The van der Waals surface area contributed by atoms with E-state index < -0.39 is 11.4 Å². The number of hydrogen-bond donors (Lipinski definition) is 1. The van der Waals surface area contributed by atoms with E-state index in [-0.39, 0.29) is 18.4 Å². The summed E-state index contributed by atoms with van der Waals surface area (Å²) in [4.78, 5) is 27.4. The predicted molar refractivity (Wildman–Crippen MR) is 97.3 cm³/mol. The molecule has 130 valence electrons. The third-order valence-corrected chi connectivity index (χ3v) is 3.77. The first-order valence-electron chi connectivity index (χ1n) is 7.50. The first-order chi connectivity index (χ1) is 12.2. The fourth-order valence-corrected chi connectivity index (χ4v) is 2.30. The van der Waals surface area contributed by atoms with Crippen molar-refractivity contribution in [3.8, 4) is 0 Å². The SMILES string of the molecule is CN=C(NC(=O)OCc1ccccc1)SC(=O)OCc1ccccc1. The van der Waals surface area contributed by atoms with Crippen LogP contribution in [0.25, 0.3) is 0 Å². The molecule has 0 fully saturated rings. The molecule has 0 atom stereocenters. The Morgan fingerprint density at radius 3 is 1.96 bits per heavy atom. The van der Waals surface area contributed by atoms with Crippen LogP contribution in [0.4, 0.5) is 9.59 Å². The molecule has 0 bridgehead atoms. The Hall–Kier alpha value is -2.80. The maximum atomic E-state index is 11.8. The van der Waals surface area contributed by atoms with Gasteiger partial charge in [-0.15, -0.1) is 0 Å². The van der Waals surface area contributed by atoms with Gasteiger partial charge in [-0.25, -0.2) is 9.59 Å². The average molecular weight is 358 g/mol. The van der Waals surface area contributed by atoms with Gasteiger partial charge in [0.25, 0.3) is 0 Å². The van der Waals surface area contributed by atoms with Crippen molar-refractivity contribution in [2.75, 3.05) is 7.05 Å². The molecule has 0 aliphatic rings. The minimum Gasteiger partial charge on any atom is -0.452 e. The van der Waals surface area contributed by atoms with Crippen LogP contribution >= 0.6 is 11.8 Å². The molecule has 0 radical (unpaired) electrons. The molecule has 0 aliphatic carbocycles. The summed E-state index contributed by atoms with van der Waals surface area (Å²) in [6.45, 7) is 0.287. The van der Waals surface area contributed by atoms with Gasteiger partial charge in [0.05, 0.1) is 0 Å². The summed E-state index contributed by atoms with van der Waals surface area (Å²) in [5.74, 6) is 0. The van der Waals surface area contributed by atoms with Crippen molar-refractivity contribution in [1.29, 1.82) is 0 Å². The summed E-state index contributed by atoms with van der Waals surface area (Å²) in [6.07, 6.45) is -0.687. The molecule has 0 heterocycles. The van der Waals surface area contributed by atoms with Gasteiger partial charge in [0.1, 0.15) is 13.2 Å². The van der Waals surface area contributed by atoms with Crippen LogP contribution in [0.3, 0.4) is 0 Å². The number of nitrogens with zero attached hydrogens (tertiary/aromatic N) is 1. The second kappa shape index (κ2) is 10.1. The molecule has 0 saturated carbocycles. The molecule has 0 spiro atoms. The number of carbonyl (C=O) groups is 2. The van der Waals surface area contributed by atoms with Gasteiger partial charge in [0.15, 0.2) is 5.17 Å². The van der Waals surface area contributed by atoms with E-state index in [0.717, 1.165) is 11.1 Å². The number of benzene rings is 2. The average Bonchev–Trinajstić information content (AvgIpc) is 2.66. The summed E-state index contributed by atoms with van der Waals surface area (Å²) in [5, 5.41) is 1.96. The van der Waals surface area contributed by atoms with E-state index in [1.54, 1.807) is 0 Å². The van der Waals surface area contributed by atoms with Crippen molar-refractivity contribution in [1.82, 2.24) is 5.32 Å². The molecule has 2 aromatic carbocycles. The van der Waals surface area contributed by atoms with Gasteiger partial charge in [-0.1, -0.05) is 60.7 Å². The lowest BCUT2D eigenvalue weighted by atomic mass is 10.2. The summed E-state index contributed by atoms with van der Waals surface area (Å²) >= 11 is 0.691. The van der Waals surface area contributed by atoms with Gasteiger partial charge in [-0.2, -0.15) is 0 Å². The summed E-state index contributed by atoms with van der Waals surface area (Å²) < 4.78 is 10.2. The van der Waals surface area contributed by atoms with E-state index >= 15 is 0 Å². The van der Waals surface area contributed by atoms with E-state index in [1.165, 1.54) is 7.05 Å². The number of ether oxygens (including phenoxy) is 2. The van der Waals surface area contributed by atoms with Gasteiger partial charge in [0.2, 0.25) is 0 Å². The van der Waals surface area contributed by atoms with Gasteiger partial charge >= 0.3 is 11.4 Å². The van der Waals surface area contributed by atoms with Crippen LogP contribution in [0.1, 0.15) is 11.1 Å². The van der Waals surface area contributed by atoms with E-state index in [9.17, 15) is 9.59 Å². The zero-order chi connectivity index (χ0) is 17.9. The lowest BCUT2D eigenvalue weighted by Gasteiger charge is -2.09. The smallest absolute Gasteiger partial charge is 0.413 e. The zero-order valence-corrected chi connectivity index (χ0v) is 14.5. The number of alkyl carbamates (subject to hydrolysis) is 1. The maximum absolute atomic E-state index is 11.8. The molecule has 6 nitrogen and oxygen atoms in total. The Kier molecular flexibility index (Phi) is 7.52. The van der Waals surface area contributed by atoms with Crippen molar-refractivity contribution in [3.63, 3.8) is 0 Å². The number of rotatable bonds is 4. The lowest BCUT2D eigenvalue weighted by molar-refractivity contribution is 0.145. The number of nitrogens with one attached hydrogen (secondary N) is 1. The van der Waals surface area contributed by atoms with Gasteiger partial charge < -0.3 is 9.47 Å². The number of thioether (sulfide) groups is 1. The number of aliphatic imine (C=N–C) groups is 1. The van der Waals surface area contributed by atoms with E-state index in [1.807, 2.05) is 60.7 Å². The van der Waals surface area contributed by atoms with Crippen LogP contribution in [0.5, 0.6) is 0 Å². The Morgan fingerprint density at radius 2 is 1.44 bits per heavy atom. The maximum Gasteiger partial charge on any atom is 0.413 e. The number of amidine groups is 1. The normalized spacial score (nSPS) is 10.8. The third-order valence-electron chi connectivity index (χ3n) is 3.00. The highest BCUT2D eigenvalue weighted by molar-refractivity contribution is 8.26. The lowest BCUT2D eigenvalue weighted by Crippen LogP contribution is -2.29. The van der Waals surface area contributed by atoms with Crippen molar-refractivity contribution in [2.24, 2.45) is 4.99 Å². The molecule has 1 N–H and O–H groups in total. The molecule has 1 amide bonds. The molecule has 7 heteroatoms. The first kappa shape index (κ1) is 18.5. The molecule has 0 saturated heterocycles. The van der Waals surface area contributed by atoms with Gasteiger partial charge in [-0.3, -0.25) is 10.3 Å². The van der Waals surface area contributed by atoms with Crippen molar-refractivity contribution in [3.05, 3.63) is 71.8 Å². The topological polar surface area (TPSA) is 77.0 Å². The van der Waals surface area contributed by atoms with Gasteiger partial charge in [0, 0.05) is 18.8 Å². The molecule has 0 unspecified atom stereocenters. The number of carbonyl (C=O) groups excluding carboxylic acids is 2. The molecular formula is C18H18N2O4S. The Bertz CT molecular complexity index is 661. The third kappa shape index (κ3) is 7.09. The van der Waals surface area contributed by atoms with E-state index in [2.05, 4.69) is 10.3 Å². The molecular weight excluding hydrogens is 340 g/mol. The number of amides is 1. The monoisotopic (exact) mass is 358 g/mol. The van der Waals surface area contributed by atoms with Crippen molar-refractivity contribution in [2.45, 2.75) is 13.2 Å². The summed E-state index contributed by atoms with van der Waals surface area (Å²) in [6, 6.07) is 18.6. The fourth-order valence-electron chi connectivity index (χ4n) is 1.80. The largest absolute Gasteiger partial charge is 0.452 e. The molecule has 0 aliphatic heterocycles. The minimum absolute atomic E-state index is 0.108. The summed E-state index contributed by atoms with van der Waals surface area (Å²) in [7, 11) is 1.46. The van der Waals surface area contributed by atoms with Crippen LogP contribution in [0.15, 0.2) is 65.7 Å². The second-order valence-corrected chi connectivity index (χ2v) is 5.77. The van der Waals surface area contributed by atoms with E-state index in [0.29, 0.717) is 11.8 Å². The minimum atomic E-state index is -0.687. The Morgan fingerprint density at radius 1 is 0.920 bits per heavy atom. The van der Waals surface area contributed by atoms with E-state index in [4.69, 9.17) is 9.47 Å². The molecule has 2 aromatic rings. The van der Waals surface area contributed by atoms with Crippen LogP contribution in [0, 0.1) is 0 Å². The Labute approximate surface area is 150 Å². The first-order valence-corrected chi connectivity index (χ1v) is 8.32. The van der Waals surface area contributed by atoms with Gasteiger partial charge in [-0.05, 0) is 11.1 Å². The van der Waals surface area contributed by atoms with Crippen LogP contribution in [0.2, 0.25) is 0 Å². The number of hydrogen-bond acceptors (Lipinski definition) is 6. The second-order valence-electron chi connectivity index (χ2n) is 4.84. The zero-order valence-electron chi connectivity index (χ0n) is 13.7. The predicted octanol–water partition coefficient (Wildman–Crippen LogP) is 3.97. The van der Waals surface area contributed by atoms with Crippen LogP contribution in [-0.2, 0) is 22.7 Å². The molecule has 0 aromatic heterocycles. The fraction of sp³-hybridized carbons (Fsp3) is 0.167. The van der Waals surface area contributed by atoms with Crippen molar-refractivity contribution < 1.29 is 19.1 Å². The van der Waals surface area contributed by atoms with Crippen LogP contribution < -0.4 is 5.32 Å². The standard InChI is InChI=1S/C18H18N2O4S/c1-19-16(20-17(21)23-12-14-8-4-2-5-9-14)25-18(22)24-13-15-10-6-3-7-11-15/h2-11H,12-13H2,1H3,(H,19,20,21). The summed E-state index contributed by atoms with van der Waals surface area (Å²) in [5.41, 5.74) is 1.74. The highest BCUT2D eigenvalue weighted by atomic mass is 32.2. The molecule has 2 rings (SSSR count). The highest BCUT2D eigenvalue weighted by Gasteiger charge is 2.14.